The van der Waals surface area contributed by atoms with Gasteiger partial charge in [-0.3, -0.25) is 4.79 Å². The molecule has 0 unspecified atom stereocenters. The Bertz CT molecular complexity index is 209. The smallest absolute Gasteiger partial charge is 0.345 e. The number of hydrogen-bond acceptors (Lipinski definition) is 1. The Balaban J connectivity index is 2.30. The van der Waals surface area contributed by atoms with E-state index < -0.39 is 24.3 Å². The van der Waals surface area contributed by atoms with Crippen LogP contribution in [0.5, 0.6) is 0 Å². The molecule has 0 aromatic carbocycles. The first-order valence-corrected chi connectivity index (χ1v) is 3.87. The van der Waals surface area contributed by atoms with Crippen molar-refractivity contribution < 1.29 is 22.4 Å². The number of halogens is 4. The first kappa shape index (κ1) is 10.3. The molecule has 0 aromatic rings. The highest BCUT2D eigenvalue weighted by Gasteiger charge is 2.42. The van der Waals surface area contributed by atoms with Gasteiger partial charge in [0.2, 0.25) is 0 Å². The number of rotatable bonds is 2. The second kappa shape index (κ2) is 3.16. The second-order valence-corrected chi connectivity index (χ2v) is 3.18. The average Bonchev–Trinajstić information content (AvgIpc) is 1.94. The summed E-state index contributed by atoms with van der Waals surface area (Å²) >= 11 is 0. The molecule has 0 saturated heterocycles. The molecule has 1 fully saturated rings. The van der Waals surface area contributed by atoms with Crippen molar-refractivity contribution in [2.24, 2.45) is 0 Å². The lowest BCUT2D eigenvalue weighted by molar-refractivity contribution is -0.174. The molecule has 1 amide bonds. The molecule has 0 radical (unpaired) electrons. The topological polar surface area (TPSA) is 29.1 Å². The van der Waals surface area contributed by atoms with E-state index in [-0.39, 0.29) is 12.8 Å². The molecule has 0 spiro atoms. The zero-order valence-corrected chi connectivity index (χ0v) is 6.75. The SMILES string of the molecule is O=C(NCC1(F)CCC1)C(F)(F)F. The van der Waals surface area contributed by atoms with Crippen molar-refractivity contribution in [1.82, 2.24) is 5.32 Å². The molecule has 76 valence electrons. The number of alkyl halides is 4. The van der Waals surface area contributed by atoms with Crippen LogP contribution in [0.4, 0.5) is 17.6 Å². The van der Waals surface area contributed by atoms with E-state index in [1.54, 1.807) is 0 Å². The summed E-state index contributed by atoms with van der Waals surface area (Å²) in [6.45, 7) is -0.536. The first-order valence-electron chi connectivity index (χ1n) is 3.87. The van der Waals surface area contributed by atoms with Crippen LogP contribution in [0.3, 0.4) is 0 Å². The Morgan fingerprint density at radius 1 is 1.38 bits per heavy atom. The standard InChI is InChI=1S/C7H9F4NO/c8-6(2-1-3-6)4-12-5(13)7(9,10)11/h1-4H2,(H,12,13). The van der Waals surface area contributed by atoms with Crippen molar-refractivity contribution >= 4 is 5.91 Å². The summed E-state index contributed by atoms with van der Waals surface area (Å²) < 4.78 is 47.9. The third kappa shape index (κ3) is 2.57. The second-order valence-electron chi connectivity index (χ2n) is 3.18. The van der Waals surface area contributed by atoms with Crippen LogP contribution in [0.2, 0.25) is 0 Å². The molecule has 1 rings (SSSR count). The Hall–Kier alpha value is -0.810. The molecule has 0 heterocycles. The summed E-state index contributed by atoms with van der Waals surface area (Å²) in [5.41, 5.74) is -1.61. The maximum absolute atomic E-state index is 13.1. The Morgan fingerprint density at radius 2 is 1.92 bits per heavy atom. The van der Waals surface area contributed by atoms with Crippen LogP contribution in [-0.2, 0) is 4.79 Å². The van der Waals surface area contributed by atoms with Gasteiger partial charge in [0.25, 0.3) is 0 Å². The summed E-state index contributed by atoms with van der Waals surface area (Å²) in [5.74, 6) is -2.07. The maximum atomic E-state index is 13.1. The van der Waals surface area contributed by atoms with Crippen molar-refractivity contribution in [2.45, 2.75) is 31.1 Å². The van der Waals surface area contributed by atoms with Crippen LogP contribution >= 0.6 is 0 Å². The van der Waals surface area contributed by atoms with Crippen LogP contribution in [0.25, 0.3) is 0 Å². The molecule has 0 atom stereocenters. The highest BCUT2D eigenvalue weighted by molar-refractivity contribution is 5.81. The van der Waals surface area contributed by atoms with E-state index in [0.29, 0.717) is 6.42 Å². The molecule has 13 heavy (non-hydrogen) atoms. The molecule has 0 aliphatic heterocycles. The molecule has 1 N–H and O–H groups in total. The zero-order valence-electron chi connectivity index (χ0n) is 6.75. The molecule has 2 nitrogen and oxygen atoms in total. The number of carbonyl (C=O) groups is 1. The van der Waals surface area contributed by atoms with Gasteiger partial charge in [-0.05, 0) is 19.3 Å². The zero-order chi connectivity index (χ0) is 10.1. The van der Waals surface area contributed by atoms with Crippen LogP contribution in [-0.4, -0.2) is 24.3 Å². The first-order chi connectivity index (χ1) is 5.83. The van der Waals surface area contributed by atoms with Gasteiger partial charge in [0.1, 0.15) is 5.67 Å². The Morgan fingerprint density at radius 3 is 2.23 bits per heavy atom. The average molecular weight is 199 g/mol. The third-order valence-corrected chi connectivity index (χ3v) is 2.07. The van der Waals surface area contributed by atoms with Gasteiger partial charge in [-0.2, -0.15) is 13.2 Å². The third-order valence-electron chi connectivity index (χ3n) is 2.07. The van der Waals surface area contributed by atoms with Gasteiger partial charge in [0.05, 0.1) is 6.54 Å². The molecule has 0 bridgehead atoms. The lowest BCUT2D eigenvalue weighted by atomic mass is 9.82. The van der Waals surface area contributed by atoms with E-state index in [2.05, 4.69) is 0 Å². The van der Waals surface area contributed by atoms with Crippen molar-refractivity contribution in [2.75, 3.05) is 6.54 Å². The predicted molar refractivity (Wildman–Crippen MR) is 36.8 cm³/mol. The molecule has 0 aromatic heterocycles. The highest BCUT2D eigenvalue weighted by atomic mass is 19.4. The van der Waals surface area contributed by atoms with Gasteiger partial charge in [-0.1, -0.05) is 0 Å². The summed E-state index contributed by atoms with van der Waals surface area (Å²) in [6.07, 6.45) is -3.80. The van der Waals surface area contributed by atoms with E-state index in [0.717, 1.165) is 0 Å². The van der Waals surface area contributed by atoms with E-state index in [9.17, 15) is 22.4 Å². The summed E-state index contributed by atoms with van der Waals surface area (Å²) in [4.78, 5) is 10.2. The van der Waals surface area contributed by atoms with Gasteiger partial charge in [0.15, 0.2) is 0 Å². The van der Waals surface area contributed by atoms with Gasteiger partial charge in [-0.25, -0.2) is 4.39 Å². The summed E-state index contributed by atoms with van der Waals surface area (Å²) in [5, 5.41) is 1.53. The van der Waals surface area contributed by atoms with Crippen LogP contribution in [0.15, 0.2) is 0 Å². The quantitative estimate of drug-likeness (QED) is 0.672. The Labute approximate surface area is 72.3 Å². The molecular weight excluding hydrogens is 190 g/mol. The Kier molecular flexibility index (Phi) is 2.49. The molecule has 1 aliphatic rings. The summed E-state index contributed by atoms with van der Waals surface area (Å²) in [6, 6.07) is 0. The molecule has 1 aliphatic carbocycles. The fourth-order valence-corrected chi connectivity index (χ4v) is 1.08. The predicted octanol–water partition coefficient (Wildman–Crippen LogP) is 1.56. The minimum Gasteiger partial charge on any atom is -0.345 e. The number of hydrogen-bond donors (Lipinski definition) is 1. The lowest BCUT2D eigenvalue weighted by Gasteiger charge is -2.33. The van der Waals surface area contributed by atoms with Gasteiger partial charge < -0.3 is 5.32 Å². The van der Waals surface area contributed by atoms with Crippen LogP contribution < -0.4 is 5.32 Å². The van der Waals surface area contributed by atoms with Crippen molar-refractivity contribution in [3.63, 3.8) is 0 Å². The number of carbonyl (C=O) groups excluding carboxylic acids is 1. The summed E-state index contributed by atoms with van der Waals surface area (Å²) in [7, 11) is 0. The molecule has 6 heteroatoms. The molecule has 1 saturated carbocycles. The fraction of sp³-hybridized carbons (Fsp3) is 0.857. The van der Waals surface area contributed by atoms with Gasteiger partial charge >= 0.3 is 12.1 Å². The van der Waals surface area contributed by atoms with Crippen LogP contribution in [0, 0.1) is 0 Å². The maximum Gasteiger partial charge on any atom is 0.471 e. The van der Waals surface area contributed by atoms with E-state index in [1.807, 2.05) is 0 Å². The van der Waals surface area contributed by atoms with E-state index in [1.165, 1.54) is 5.32 Å². The van der Waals surface area contributed by atoms with Gasteiger partial charge in [-0.15, -0.1) is 0 Å². The van der Waals surface area contributed by atoms with Crippen molar-refractivity contribution in [3.05, 3.63) is 0 Å². The normalized spacial score (nSPS) is 20.6. The molecular formula is C7H9F4NO. The highest BCUT2D eigenvalue weighted by Crippen LogP contribution is 2.35. The van der Waals surface area contributed by atoms with E-state index in [4.69, 9.17) is 0 Å². The van der Waals surface area contributed by atoms with Gasteiger partial charge in [0, 0.05) is 0 Å². The van der Waals surface area contributed by atoms with E-state index >= 15 is 0 Å². The fourth-order valence-electron chi connectivity index (χ4n) is 1.08. The minimum absolute atomic E-state index is 0.227. The van der Waals surface area contributed by atoms with Crippen LogP contribution in [0.1, 0.15) is 19.3 Å². The van der Waals surface area contributed by atoms with Crippen molar-refractivity contribution in [1.29, 1.82) is 0 Å². The monoisotopic (exact) mass is 199 g/mol. The minimum atomic E-state index is -4.92. The van der Waals surface area contributed by atoms with Crippen molar-refractivity contribution in [3.8, 4) is 0 Å². The number of amides is 1. The lowest BCUT2D eigenvalue weighted by Crippen LogP contribution is -2.47. The largest absolute Gasteiger partial charge is 0.471 e. The number of nitrogens with one attached hydrogen (secondary N) is 1.